The zero-order valence-electron chi connectivity index (χ0n) is 23.5. The van der Waals surface area contributed by atoms with Gasteiger partial charge in [-0.1, -0.05) is 123 Å². The molecular formula is C27H61BrN2O3. The summed E-state index contributed by atoms with van der Waals surface area (Å²) in [6.45, 7) is 18.6. The minimum Gasteiger partial charge on any atom is -0.481 e. The van der Waals surface area contributed by atoms with Gasteiger partial charge in [0.25, 0.3) is 0 Å². The number of halogens is 1. The highest BCUT2D eigenvalue weighted by molar-refractivity contribution is 9.09. The maximum atomic E-state index is 10.1. The molecule has 0 aliphatic rings. The first-order chi connectivity index (χ1) is 15.7. The summed E-state index contributed by atoms with van der Waals surface area (Å²) >= 11 is 3.44. The van der Waals surface area contributed by atoms with Crippen LogP contribution in [0.2, 0.25) is 0 Å². The fraction of sp³-hybridized carbons (Fsp3) is 0.963. The number of carbonyl (C=O) groups is 1. The summed E-state index contributed by atoms with van der Waals surface area (Å²) < 4.78 is 0. The van der Waals surface area contributed by atoms with Crippen LogP contribution in [0.5, 0.6) is 0 Å². The standard InChI is InChI=1S/C7H18N2.C7H14O2.C7H16O.C6H13Br/c1-3-7(4-2)5-6-9-8;1-3-6(4-2)5-7(8)9;1-3-7(4-2)5-6-8;1-3-6(4-2)5-7/h7,9H,3-6,8H2,1-2H3;6H,3-5H2,1-2H3,(H,8,9);7-8H,3-6H2,1-2H3;6H,3-5H2,1-2H3. The molecule has 0 fully saturated rings. The Morgan fingerprint density at radius 1 is 0.727 bits per heavy atom. The molecule has 0 rings (SSSR count). The molecule has 6 heteroatoms. The molecular weight excluding hydrogens is 480 g/mol. The highest BCUT2D eigenvalue weighted by atomic mass is 79.9. The Hall–Kier alpha value is -0.170. The van der Waals surface area contributed by atoms with Crippen LogP contribution in [0.15, 0.2) is 0 Å². The van der Waals surface area contributed by atoms with Gasteiger partial charge in [0.1, 0.15) is 0 Å². The lowest BCUT2D eigenvalue weighted by atomic mass is 10.00. The second-order valence-corrected chi connectivity index (χ2v) is 9.38. The molecule has 0 atom stereocenters. The van der Waals surface area contributed by atoms with Gasteiger partial charge < -0.3 is 10.2 Å². The largest absolute Gasteiger partial charge is 0.481 e. The Morgan fingerprint density at radius 2 is 1.09 bits per heavy atom. The van der Waals surface area contributed by atoms with Gasteiger partial charge in [-0.3, -0.25) is 16.1 Å². The van der Waals surface area contributed by atoms with E-state index in [1.807, 2.05) is 13.8 Å². The van der Waals surface area contributed by atoms with Crippen molar-refractivity contribution in [3.05, 3.63) is 0 Å². The fourth-order valence-electron chi connectivity index (χ4n) is 3.20. The lowest BCUT2D eigenvalue weighted by Gasteiger charge is -2.09. The van der Waals surface area contributed by atoms with Gasteiger partial charge in [-0.2, -0.15) is 0 Å². The van der Waals surface area contributed by atoms with Crippen LogP contribution in [0, 0.1) is 23.7 Å². The minimum absolute atomic E-state index is 0.326. The van der Waals surface area contributed by atoms with Crippen molar-refractivity contribution < 1.29 is 15.0 Å². The highest BCUT2D eigenvalue weighted by Crippen LogP contribution is 2.12. The third kappa shape index (κ3) is 34.1. The van der Waals surface area contributed by atoms with Crippen LogP contribution in [0.25, 0.3) is 0 Å². The van der Waals surface area contributed by atoms with Crippen molar-refractivity contribution in [2.75, 3.05) is 18.5 Å². The first-order valence-electron chi connectivity index (χ1n) is 13.6. The molecule has 0 aliphatic heterocycles. The van der Waals surface area contributed by atoms with E-state index in [1.54, 1.807) is 0 Å². The smallest absolute Gasteiger partial charge is 0.303 e. The lowest BCUT2D eigenvalue weighted by Crippen LogP contribution is -2.24. The van der Waals surface area contributed by atoms with Crippen molar-refractivity contribution in [3.63, 3.8) is 0 Å². The second kappa shape index (κ2) is 34.0. The summed E-state index contributed by atoms with van der Waals surface area (Å²) in [7, 11) is 0. The summed E-state index contributed by atoms with van der Waals surface area (Å²) in [5, 5.41) is 18.0. The molecule has 5 N–H and O–H groups in total. The quantitative estimate of drug-likeness (QED) is 0.0908. The van der Waals surface area contributed by atoms with Crippen LogP contribution in [0.1, 0.15) is 126 Å². The predicted octanol–water partition coefficient (Wildman–Crippen LogP) is 7.80. The van der Waals surface area contributed by atoms with Crippen LogP contribution in [0.4, 0.5) is 0 Å². The predicted molar refractivity (Wildman–Crippen MR) is 151 cm³/mol. The van der Waals surface area contributed by atoms with E-state index in [-0.39, 0.29) is 0 Å². The van der Waals surface area contributed by atoms with E-state index < -0.39 is 5.97 Å². The highest BCUT2D eigenvalue weighted by Gasteiger charge is 2.07. The van der Waals surface area contributed by atoms with Gasteiger partial charge in [-0.05, 0) is 36.5 Å². The molecule has 0 bridgehead atoms. The Morgan fingerprint density at radius 3 is 1.24 bits per heavy atom. The molecule has 33 heavy (non-hydrogen) atoms. The van der Waals surface area contributed by atoms with Gasteiger partial charge in [0.15, 0.2) is 0 Å². The molecule has 5 nitrogen and oxygen atoms in total. The number of hydrazine groups is 1. The number of nitrogens with two attached hydrogens (primary N) is 1. The Labute approximate surface area is 216 Å². The number of aliphatic hydroxyl groups is 1. The zero-order chi connectivity index (χ0) is 26.5. The van der Waals surface area contributed by atoms with Gasteiger partial charge in [0.2, 0.25) is 0 Å². The molecule has 0 saturated carbocycles. The molecule has 0 radical (unpaired) electrons. The molecule has 0 unspecified atom stereocenters. The molecule has 0 aliphatic carbocycles. The number of alkyl halides is 1. The summed E-state index contributed by atoms with van der Waals surface area (Å²) in [4.78, 5) is 10.1. The first kappa shape index (κ1) is 40.0. The SMILES string of the molecule is CCC(CC)CBr.CCC(CC)CC(=O)O.CCC(CC)CCNN.CCC(CC)CCO. The summed E-state index contributed by atoms with van der Waals surface area (Å²) in [5.74, 6) is 7.35. The third-order valence-corrected chi connectivity index (χ3v) is 7.45. The van der Waals surface area contributed by atoms with Crippen molar-refractivity contribution in [1.82, 2.24) is 5.43 Å². The van der Waals surface area contributed by atoms with E-state index >= 15 is 0 Å². The number of nitrogens with one attached hydrogen (secondary N) is 1. The number of hydrogen-bond donors (Lipinski definition) is 4. The Balaban J connectivity index is -0.000000171. The van der Waals surface area contributed by atoms with Crippen LogP contribution in [0.3, 0.4) is 0 Å². The van der Waals surface area contributed by atoms with Crippen molar-refractivity contribution in [1.29, 1.82) is 0 Å². The number of rotatable bonds is 16. The van der Waals surface area contributed by atoms with Crippen molar-refractivity contribution in [2.24, 2.45) is 29.5 Å². The van der Waals surface area contributed by atoms with E-state index in [0.717, 1.165) is 43.6 Å². The van der Waals surface area contributed by atoms with E-state index in [9.17, 15) is 4.79 Å². The number of aliphatic carboxylic acids is 1. The Bertz CT molecular complexity index is 339. The van der Waals surface area contributed by atoms with Gasteiger partial charge in [0, 0.05) is 24.9 Å². The Kier molecular flexibility index (Phi) is 41.2. The van der Waals surface area contributed by atoms with Gasteiger partial charge >= 0.3 is 5.97 Å². The second-order valence-electron chi connectivity index (χ2n) is 8.74. The molecule has 0 spiro atoms. The molecule has 0 amide bonds. The summed E-state index contributed by atoms with van der Waals surface area (Å²) in [6.07, 6.45) is 12.0. The van der Waals surface area contributed by atoms with Crippen molar-refractivity contribution in [2.45, 2.75) is 126 Å². The monoisotopic (exact) mass is 540 g/mol. The summed E-state index contributed by atoms with van der Waals surface area (Å²) in [5.41, 5.74) is 2.67. The van der Waals surface area contributed by atoms with E-state index in [1.165, 1.54) is 50.3 Å². The van der Waals surface area contributed by atoms with Gasteiger partial charge in [-0.25, -0.2) is 0 Å². The molecule has 204 valence electrons. The number of carboxylic acids is 1. The number of hydrogen-bond acceptors (Lipinski definition) is 4. The van der Waals surface area contributed by atoms with Gasteiger partial charge in [-0.15, -0.1) is 0 Å². The first-order valence-corrected chi connectivity index (χ1v) is 14.7. The number of carboxylic acid groups (broad SMARTS) is 1. The molecule has 0 heterocycles. The average molecular weight is 542 g/mol. The normalized spacial score (nSPS) is 10.4. The molecule has 0 aromatic rings. The summed E-state index contributed by atoms with van der Waals surface area (Å²) in [6, 6.07) is 0. The van der Waals surface area contributed by atoms with E-state index in [4.69, 9.17) is 16.1 Å². The number of aliphatic hydroxyl groups excluding tert-OH is 1. The third-order valence-electron chi connectivity index (χ3n) is 6.53. The zero-order valence-corrected chi connectivity index (χ0v) is 25.1. The minimum atomic E-state index is -0.677. The molecule has 0 saturated heterocycles. The van der Waals surface area contributed by atoms with E-state index in [0.29, 0.717) is 18.9 Å². The molecule has 0 aromatic carbocycles. The maximum Gasteiger partial charge on any atom is 0.303 e. The molecule has 0 aromatic heterocycles. The topological polar surface area (TPSA) is 95.6 Å². The van der Waals surface area contributed by atoms with Crippen molar-refractivity contribution >= 4 is 21.9 Å². The average Bonchev–Trinajstić information content (AvgIpc) is 2.84. The van der Waals surface area contributed by atoms with Crippen LogP contribution >= 0.6 is 15.9 Å². The van der Waals surface area contributed by atoms with Crippen LogP contribution < -0.4 is 11.3 Å². The lowest BCUT2D eigenvalue weighted by molar-refractivity contribution is -0.138. The van der Waals surface area contributed by atoms with Crippen LogP contribution in [-0.2, 0) is 4.79 Å². The van der Waals surface area contributed by atoms with Crippen LogP contribution in [-0.4, -0.2) is 34.7 Å². The maximum absolute atomic E-state index is 10.1. The van der Waals surface area contributed by atoms with Gasteiger partial charge in [0.05, 0.1) is 0 Å². The van der Waals surface area contributed by atoms with Crippen molar-refractivity contribution in [3.8, 4) is 0 Å². The van der Waals surface area contributed by atoms with E-state index in [2.05, 4.69) is 62.9 Å². The fourth-order valence-corrected chi connectivity index (χ4v) is 4.11.